The summed E-state index contributed by atoms with van der Waals surface area (Å²) in [7, 11) is 0. The van der Waals surface area contributed by atoms with Crippen LogP contribution in [0.5, 0.6) is 0 Å². The van der Waals surface area contributed by atoms with Crippen LogP contribution in [-0.4, -0.2) is 16.1 Å². The molecule has 0 fully saturated rings. The summed E-state index contributed by atoms with van der Waals surface area (Å²) in [6.07, 6.45) is 0.836. The van der Waals surface area contributed by atoms with Gasteiger partial charge in [-0.1, -0.05) is 34.6 Å². The second kappa shape index (κ2) is 4.68. The van der Waals surface area contributed by atoms with Gasteiger partial charge in [0.1, 0.15) is 0 Å². The zero-order chi connectivity index (χ0) is 12.3. The normalized spacial score (nSPS) is 13.6. The average molecular weight is 223 g/mol. The summed E-state index contributed by atoms with van der Waals surface area (Å²) in [5.41, 5.74) is 1.04. The molecule has 2 N–H and O–H groups in total. The number of aromatic amines is 1. The van der Waals surface area contributed by atoms with E-state index in [0.29, 0.717) is 5.82 Å². The van der Waals surface area contributed by atoms with E-state index in [9.17, 15) is 4.79 Å². The van der Waals surface area contributed by atoms with Gasteiger partial charge in [-0.2, -0.15) is 5.10 Å². The van der Waals surface area contributed by atoms with Crippen molar-refractivity contribution in [2.24, 2.45) is 5.92 Å². The molecule has 0 aromatic carbocycles. The van der Waals surface area contributed by atoms with E-state index in [-0.39, 0.29) is 17.2 Å². The van der Waals surface area contributed by atoms with Crippen molar-refractivity contribution in [1.82, 2.24) is 10.2 Å². The smallest absolute Gasteiger partial charge is 0.228 e. The molecule has 0 bridgehead atoms. The Bertz CT molecular complexity index is 363. The van der Waals surface area contributed by atoms with Crippen LogP contribution < -0.4 is 5.32 Å². The number of carbonyl (C=O) groups is 1. The van der Waals surface area contributed by atoms with Crippen molar-refractivity contribution in [1.29, 1.82) is 0 Å². The Hall–Kier alpha value is -1.32. The Balaban J connectivity index is 2.70. The highest BCUT2D eigenvalue weighted by Gasteiger charge is 2.18. The van der Waals surface area contributed by atoms with E-state index in [0.717, 1.165) is 12.1 Å². The molecule has 0 aliphatic rings. The van der Waals surface area contributed by atoms with Crippen LogP contribution in [0.3, 0.4) is 0 Å². The Morgan fingerprint density at radius 2 is 2.19 bits per heavy atom. The Labute approximate surface area is 96.8 Å². The largest absolute Gasteiger partial charge is 0.309 e. The molecule has 16 heavy (non-hydrogen) atoms. The molecule has 0 aliphatic heterocycles. The van der Waals surface area contributed by atoms with Crippen molar-refractivity contribution in [3.63, 3.8) is 0 Å². The quantitative estimate of drug-likeness (QED) is 0.827. The third kappa shape index (κ3) is 3.08. The maximum absolute atomic E-state index is 11.6. The monoisotopic (exact) mass is 223 g/mol. The van der Waals surface area contributed by atoms with Crippen molar-refractivity contribution in [3.05, 3.63) is 11.8 Å². The predicted molar refractivity (Wildman–Crippen MR) is 65.4 cm³/mol. The fraction of sp³-hybridized carbons (Fsp3) is 0.667. The zero-order valence-electron chi connectivity index (χ0n) is 10.7. The lowest BCUT2D eigenvalue weighted by Gasteiger charge is -2.14. The summed E-state index contributed by atoms with van der Waals surface area (Å²) in [5, 5.41) is 9.83. The highest BCUT2D eigenvalue weighted by Crippen LogP contribution is 2.22. The maximum Gasteiger partial charge on any atom is 0.228 e. The summed E-state index contributed by atoms with van der Waals surface area (Å²) in [5.74, 6) is 0.652. The zero-order valence-corrected chi connectivity index (χ0v) is 10.7. The minimum absolute atomic E-state index is 0.0202. The number of aromatic nitrogens is 2. The van der Waals surface area contributed by atoms with Gasteiger partial charge in [0.15, 0.2) is 5.82 Å². The summed E-state index contributed by atoms with van der Waals surface area (Å²) < 4.78 is 0. The number of rotatable bonds is 3. The number of hydrogen-bond donors (Lipinski definition) is 2. The van der Waals surface area contributed by atoms with Crippen molar-refractivity contribution in [2.75, 3.05) is 5.32 Å². The van der Waals surface area contributed by atoms with Gasteiger partial charge in [0.25, 0.3) is 0 Å². The third-order valence-corrected chi connectivity index (χ3v) is 2.70. The fourth-order valence-corrected chi connectivity index (χ4v) is 1.20. The van der Waals surface area contributed by atoms with E-state index in [1.165, 1.54) is 0 Å². The van der Waals surface area contributed by atoms with Gasteiger partial charge in [-0.15, -0.1) is 0 Å². The number of nitrogens with zero attached hydrogens (tertiary/aromatic N) is 1. The summed E-state index contributed by atoms with van der Waals surface area (Å²) >= 11 is 0. The Morgan fingerprint density at radius 1 is 1.56 bits per heavy atom. The van der Waals surface area contributed by atoms with Gasteiger partial charge in [-0.25, -0.2) is 0 Å². The summed E-state index contributed by atoms with van der Waals surface area (Å²) in [4.78, 5) is 11.6. The van der Waals surface area contributed by atoms with Crippen LogP contribution in [0.15, 0.2) is 6.07 Å². The molecule has 0 saturated carbocycles. The van der Waals surface area contributed by atoms with Crippen molar-refractivity contribution in [3.8, 4) is 0 Å². The van der Waals surface area contributed by atoms with Gasteiger partial charge in [-0.05, 0) is 6.42 Å². The van der Waals surface area contributed by atoms with E-state index < -0.39 is 0 Å². The first-order valence-corrected chi connectivity index (χ1v) is 5.71. The number of H-pyrrole nitrogens is 1. The van der Waals surface area contributed by atoms with Crippen molar-refractivity contribution in [2.45, 2.75) is 46.5 Å². The Morgan fingerprint density at radius 3 is 2.62 bits per heavy atom. The molecule has 4 heteroatoms. The highest BCUT2D eigenvalue weighted by molar-refractivity contribution is 5.91. The van der Waals surface area contributed by atoms with Crippen LogP contribution in [0.2, 0.25) is 0 Å². The van der Waals surface area contributed by atoms with Crippen molar-refractivity contribution < 1.29 is 4.79 Å². The Kier molecular flexibility index (Phi) is 3.73. The molecule has 1 rings (SSSR count). The second-order valence-electron chi connectivity index (χ2n) is 5.22. The van der Waals surface area contributed by atoms with Gasteiger partial charge in [0, 0.05) is 23.1 Å². The molecule has 90 valence electrons. The molecule has 1 atom stereocenters. The molecule has 1 aromatic rings. The van der Waals surface area contributed by atoms with Crippen LogP contribution in [0, 0.1) is 5.92 Å². The maximum atomic E-state index is 11.6. The lowest BCUT2D eigenvalue weighted by molar-refractivity contribution is -0.119. The van der Waals surface area contributed by atoms with E-state index in [2.05, 4.69) is 36.3 Å². The van der Waals surface area contributed by atoms with Gasteiger partial charge in [0.2, 0.25) is 5.91 Å². The average Bonchev–Trinajstić information content (AvgIpc) is 2.64. The van der Waals surface area contributed by atoms with E-state index in [1.54, 1.807) is 0 Å². The molecule has 4 nitrogen and oxygen atoms in total. The van der Waals surface area contributed by atoms with Crippen LogP contribution in [0.25, 0.3) is 0 Å². The van der Waals surface area contributed by atoms with Crippen LogP contribution in [-0.2, 0) is 10.2 Å². The van der Waals surface area contributed by atoms with Crippen LogP contribution >= 0.6 is 0 Å². The molecule has 1 aromatic heterocycles. The van der Waals surface area contributed by atoms with Gasteiger partial charge in [-0.3, -0.25) is 9.89 Å². The topological polar surface area (TPSA) is 57.8 Å². The van der Waals surface area contributed by atoms with E-state index in [1.807, 2.05) is 19.9 Å². The number of carbonyl (C=O) groups excluding carboxylic acids is 1. The number of amides is 1. The first-order chi connectivity index (χ1) is 7.34. The molecular weight excluding hydrogens is 202 g/mol. The van der Waals surface area contributed by atoms with Crippen LogP contribution in [0.1, 0.15) is 46.7 Å². The summed E-state index contributed by atoms with van der Waals surface area (Å²) in [6, 6.07) is 1.89. The van der Waals surface area contributed by atoms with Gasteiger partial charge < -0.3 is 5.32 Å². The van der Waals surface area contributed by atoms with Gasteiger partial charge in [0.05, 0.1) is 0 Å². The first kappa shape index (κ1) is 12.7. The molecule has 0 aliphatic carbocycles. The molecule has 1 unspecified atom stereocenters. The highest BCUT2D eigenvalue weighted by atomic mass is 16.1. The second-order valence-corrected chi connectivity index (χ2v) is 5.22. The summed E-state index contributed by atoms with van der Waals surface area (Å²) in [6.45, 7) is 10.2. The standard InChI is InChI=1S/C12H21N3O/c1-6-8(2)11(16)13-10-7-9(14-15-10)12(3,4)5/h7-8H,6H2,1-5H3,(H2,13,14,15,16). The molecular formula is C12H21N3O. The fourth-order valence-electron chi connectivity index (χ4n) is 1.20. The third-order valence-electron chi connectivity index (χ3n) is 2.70. The molecule has 0 radical (unpaired) electrons. The lowest BCUT2D eigenvalue weighted by atomic mass is 9.92. The van der Waals surface area contributed by atoms with Gasteiger partial charge >= 0.3 is 0 Å². The molecule has 1 amide bonds. The molecule has 1 heterocycles. The number of anilines is 1. The first-order valence-electron chi connectivity index (χ1n) is 5.71. The van der Waals surface area contributed by atoms with E-state index in [4.69, 9.17) is 0 Å². The molecule has 0 saturated heterocycles. The SMILES string of the molecule is CCC(C)C(=O)Nc1cc(C(C)(C)C)[nH]n1. The molecule has 0 spiro atoms. The lowest BCUT2D eigenvalue weighted by Crippen LogP contribution is -2.19. The minimum atomic E-state index is 0.0202. The number of nitrogens with one attached hydrogen (secondary N) is 2. The predicted octanol–water partition coefficient (Wildman–Crippen LogP) is 2.69. The van der Waals surface area contributed by atoms with Crippen LogP contribution in [0.4, 0.5) is 5.82 Å². The minimum Gasteiger partial charge on any atom is -0.309 e. The van der Waals surface area contributed by atoms with E-state index >= 15 is 0 Å². The van der Waals surface area contributed by atoms with Crippen molar-refractivity contribution >= 4 is 11.7 Å². The number of hydrogen-bond acceptors (Lipinski definition) is 2.